The number of carbonyl (C=O) groups excluding carboxylic acids is 1. The second-order valence-electron chi connectivity index (χ2n) is 5.40. The fraction of sp³-hybridized carbons (Fsp3) is 0.267. The number of nitrogens with zero attached hydrogens (tertiary/aromatic N) is 1. The minimum atomic E-state index is -3.55. The molecule has 2 aromatic rings. The van der Waals surface area contributed by atoms with Crippen molar-refractivity contribution in [3.8, 4) is 0 Å². The van der Waals surface area contributed by atoms with E-state index in [1.165, 1.54) is 15.6 Å². The number of thiophene rings is 1. The van der Waals surface area contributed by atoms with Gasteiger partial charge in [0, 0.05) is 18.0 Å². The number of hydrogen-bond donors (Lipinski definition) is 2. The quantitative estimate of drug-likeness (QED) is 0.653. The molecule has 23 heavy (non-hydrogen) atoms. The summed E-state index contributed by atoms with van der Waals surface area (Å²) in [4.78, 5) is 13.0. The SMILES string of the molecule is Cc1ccc(S(=O)(=O)N2CCc3cc(C(=O)NO)sc3C2)cc1. The molecule has 8 heteroatoms. The Morgan fingerprint density at radius 2 is 2.00 bits per heavy atom. The molecule has 1 aromatic heterocycles. The van der Waals surface area contributed by atoms with Gasteiger partial charge in [0.1, 0.15) is 0 Å². The van der Waals surface area contributed by atoms with Gasteiger partial charge in [-0.05, 0) is 37.1 Å². The number of rotatable bonds is 3. The molecular formula is C15H16N2O4S2. The Bertz CT molecular complexity index is 841. The minimum Gasteiger partial charge on any atom is -0.288 e. The highest BCUT2D eigenvalue weighted by Crippen LogP contribution is 2.31. The van der Waals surface area contributed by atoms with Crippen molar-refractivity contribution in [3.05, 3.63) is 51.2 Å². The first-order valence-corrected chi connectivity index (χ1v) is 9.30. The first-order chi connectivity index (χ1) is 10.9. The van der Waals surface area contributed by atoms with Crippen molar-refractivity contribution < 1.29 is 18.4 Å². The standard InChI is InChI=1S/C15H16N2O4S2/c1-10-2-4-12(5-3-10)23(20,21)17-7-6-11-8-13(15(18)16-19)22-14(11)9-17/h2-5,8,19H,6-7,9H2,1H3,(H,16,18). The Hall–Kier alpha value is -1.74. The van der Waals surface area contributed by atoms with Gasteiger partial charge in [0.25, 0.3) is 5.91 Å². The van der Waals surface area contributed by atoms with Gasteiger partial charge in [0.2, 0.25) is 10.0 Å². The number of sulfonamides is 1. The van der Waals surface area contributed by atoms with Crippen LogP contribution in [0, 0.1) is 6.92 Å². The van der Waals surface area contributed by atoms with E-state index in [9.17, 15) is 13.2 Å². The summed E-state index contributed by atoms with van der Waals surface area (Å²) in [5, 5.41) is 8.70. The van der Waals surface area contributed by atoms with Crippen LogP contribution in [0.3, 0.4) is 0 Å². The molecule has 2 N–H and O–H groups in total. The molecule has 1 aromatic carbocycles. The Morgan fingerprint density at radius 1 is 1.30 bits per heavy atom. The van der Waals surface area contributed by atoms with E-state index in [4.69, 9.17) is 5.21 Å². The number of benzene rings is 1. The van der Waals surface area contributed by atoms with E-state index in [0.29, 0.717) is 17.8 Å². The molecule has 0 atom stereocenters. The normalized spacial score (nSPS) is 15.2. The average molecular weight is 352 g/mol. The van der Waals surface area contributed by atoms with E-state index >= 15 is 0 Å². The summed E-state index contributed by atoms with van der Waals surface area (Å²) in [7, 11) is -3.55. The van der Waals surface area contributed by atoms with Gasteiger partial charge in [-0.15, -0.1) is 11.3 Å². The number of amides is 1. The lowest BCUT2D eigenvalue weighted by molar-refractivity contribution is 0.0711. The lowest BCUT2D eigenvalue weighted by atomic mass is 10.1. The number of hydroxylamine groups is 1. The molecule has 0 radical (unpaired) electrons. The Morgan fingerprint density at radius 3 is 2.65 bits per heavy atom. The van der Waals surface area contributed by atoms with E-state index in [0.717, 1.165) is 16.0 Å². The molecule has 0 unspecified atom stereocenters. The lowest BCUT2D eigenvalue weighted by Crippen LogP contribution is -2.35. The Balaban J connectivity index is 1.87. The maximum Gasteiger partial charge on any atom is 0.284 e. The highest BCUT2D eigenvalue weighted by atomic mass is 32.2. The van der Waals surface area contributed by atoms with Crippen LogP contribution in [0.15, 0.2) is 35.2 Å². The average Bonchev–Trinajstić information content (AvgIpc) is 2.97. The van der Waals surface area contributed by atoms with Crippen LogP contribution in [0.25, 0.3) is 0 Å². The summed E-state index contributed by atoms with van der Waals surface area (Å²) in [6, 6.07) is 8.48. The van der Waals surface area contributed by atoms with Crippen LogP contribution >= 0.6 is 11.3 Å². The zero-order chi connectivity index (χ0) is 16.6. The van der Waals surface area contributed by atoms with E-state index in [2.05, 4.69) is 0 Å². The largest absolute Gasteiger partial charge is 0.288 e. The number of aryl methyl sites for hydroxylation is 1. The summed E-state index contributed by atoms with van der Waals surface area (Å²) in [5.74, 6) is -0.572. The van der Waals surface area contributed by atoms with Crippen molar-refractivity contribution in [2.45, 2.75) is 24.8 Å². The van der Waals surface area contributed by atoms with Crippen LogP contribution in [-0.4, -0.2) is 30.4 Å². The number of nitrogens with one attached hydrogen (secondary N) is 1. The maximum absolute atomic E-state index is 12.7. The number of fused-ring (bicyclic) bond motifs is 1. The molecule has 0 saturated heterocycles. The predicted molar refractivity (Wildman–Crippen MR) is 86.1 cm³/mol. The molecule has 3 rings (SSSR count). The molecule has 0 fully saturated rings. The second-order valence-corrected chi connectivity index (χ2v) is 8.48. The van der Waals surface area contributed by atoms with E-state index in [1.807, 2.05) is 6.92 Å². The van der Waals surface area contributed by atoms with Crippen LogP contribution in [0.5, 0.6) is 0 Å². The Labute approximate surface area is 138 Å². The predicted octanol–water partition coefficient (Wildman–Crippen LogP) is 1.92. The fourth-order valence-electron chi connectivity index (χ4n) is 2.53. The van der Waals surface area contributed by atoms with Crippen LogP contribution in [0.4, 0.5) is 0 Å². The van der Waals surface area contributed by atoms with Crippen molar-refractivity contribution >= 4 is 27.3 Å². The molecule has 2 heterocycles. The Kier molecular flexibility index (Phi) is 4.24. The second kappa shape index (κ2) is 6.04. The first-order valence-electron chi connectivity index (χ1n) is 7.04. The highest BCUT2D eigenvalue weighted by Gasteiger charge is 2.30. The van der Waals surface area contributed by atoms with Gasteiger partial charge in [-0.3, -0.25) is 10.0 Å². The van der Waals surface area contributed by atoms with Gasteiger partial charge in [-0.1, -0.05) is 17.7 Å². The molecule has 1 aliphatic rings. The van der Waals surface area contributed by atoms with Crippen molar-refractivity contribution in [1.82, 2.24) is 9.79 Å². The highest BCUT2D eigenvalue weighted by molar-refractivity contribution is 7.89. The maximum atomic E-state index is 12.7. The third-order valence-corrected chi connectivity index (χ3v) is 6.85. The van der Waals surface area contributed by atoms with Gasteiger partial charge >= 0.3 is 0 Å². The number of hydrogen-bond acceptors (Lipinski definition) is 5. The molecule has 1 aliphatic heterocycles. The van der Waals surface area contributed by atoms with Gasteiger partial charge in [0.05, 0.1) is 9.77 Å². The van der Waals surface area contributed by atoms with Crippen LogP contribution in [0.2, 0.25) is 0 Å². The van der Waals surface area contributed by atoms with E-state index in [1.54, 1.807) is 35.8 Å². The summed E-state index contributed by atoms with van der Waals surface area (Å²) < 4.78 is 26.9. The summed E-state index contributed by atoms with van der Waals surface area (Å²) in [6.45, 7) is 2.53. The molecule has 1 amide bonds. The molecule has 0 spiro atoms. The molecule has 6 nitrogen and oxygen atoms in total. The van der Waals surface area contributed by atoms with Crippen molar-refractivity contribution in [1.29, 1.82) is 0 Å². The third-order valence-electron chi connectivity index (χ3n) is 3.83. The van der Waals surface area contributed by atoms with Crippen molar-refractivity contribution in [3.63, 3.8) is 0 Å². The molecule has 0 aliphatic carbocycles. The zero-order valence-corrected chi connectivity index (χ0v) is 14.1. The van der Waals surface area contributed by atoms with Gasteiger partial charge in [0.15, 0.2) is 0 Å². The van der Waals surface area contributed by atoms with Gasteiger partial charge in [-0.2, -0.15) is 4.31 Å². The van der Waals surface area contributed by atoms with Crippen LogP contribution < -0.4 is 5.48 Å². The van der Waals surface area contributed by atoms with Crippen LogP contribution in [-0.2, 0) is 23.0 Å². The summed E-state index contributed by atoms with van der Waals surface area (Å²) in [6.07, 6.45) is 0.551. The van der Waals surface area contributed by atoms with Crippen molar-refractivity contribution in [2.24, 2.45) is 0 Å². The monoisotopic (exact) mass is 352 g/mol. The summed E-state index contributed by atoms with van der Waals surface area (Å²) in [5.41, 5.74) is 3.57. The molecule has 0 saturated carbocycles. The molecular weight excluding hydrogens is 336 g/mol. The lowest BCUT2D eigenvalue weighted by Gasteiger charge is -2.26. The third kappa shape index (κ3) is 3.02. The number of carbonyl (C=O) groups is 1. The van der Waals surface area contributed by atoms with E-state index < -0.39 is 15.9 Å². The van der Waals surface area contributed by atoms with Gasteiger partial charge < -0.3 is 0 Å². The topological polar surface area (TPSA) is 86.7 Å². The van der Waals surface area contributed by atoms with E-state index in [-0.39, 0.29) is 11.4 Å². The van der Waals surface area contributed by atoms with Gasteiger partial charge in [-0.25, -0.2) is 13.9 Å². The first kappa shape index (κ1) is 16.1. The minimum absolute atomic E-state index is 0.245. The summed E-state index contributed by atoms with van der Waals surface area (Å²) >= 11 is 1.21. The molecule has 122 valence electrons. The zero-order valence-electron chi connectivity index (χ0n) is 12.4. The fourth-order valence-corrected chi connectivity index (χ4v) is 5.14. The molecule has 0 bridgehead atoms. The van der Waals surface area contributed by atoms with Crippen molar-refractivity contribution in [2.75, 3.05) is 6.54 Å². The smallest absolute Gasteiger partial charge is 0.284 e. The van der Waals surface area contributed by atoms with Crippen LogP contribution in [0.1, 0.15) is 25.7 Å².